The van der Waals surface area contributed by atoms with Gasteiger partial charge in [-0.2, -0.15) is 4.31 Å². The summed E-state index contributed by atoms with van der Waals surface area (Å²) in [7, 11) is -0.324. The lowest BCUT2D eigenvalue weighted by Gasteiger charge is -2.34. The number of ether oxygens (including phenoxy) is 1. The van der Waals surface area contributed by atoms with E-state index in [2.05, 4.69) is 17.0 Å². The van der Waals surface area contributed by atoms with Gasteiger partial charge in [-0.05, 0) is 62.2 Å². The molecule has 0 aliphatic carbocycles. The van der Waals surface area contributed by atoms with Gasteiger partial charge in [0.2, 0.25) is 10.0 Å². The first-order valence-corrected chi connectivity index (χ1v) is 12.4. The maximum atomic E-state index is 12.9. The van der Waals surface area contributed by atoms with E-state index >= 15 is 0 Å². The number of benzene rings is 2. The van der Waals surface area contributed by atoms with Gasteiger partial charge in [-0.3, -0.25) is 9.69 Å². The van der Waals surface area contributed by atoms with Gasteiger partial charge in [-0.1, -0.05) is 12.1 Å². The zero-order valence-corrected chi connectivity index (χ0v) is 20.1. The maximum absolute atomic E-state index is 12.9. The fourth-order valence-corrected chi connectivity index (χ4v) is 5.02. The van der Waals surface area contributed by atoms with Gasteiger partial charge >= 0.3 is 0 Å². The molecule has 1 aliphatic rings. The van der Waals surface area contributed by atoms with Crippen molar-refractivity contribution in [1.82, 2.24) is 14.1 Å². The summed E-state index contributed by atoms with van der Waals surface area (Å²) in [5.41, 5.74) is 1.78. The molecular weight excluding hydrogens is 426 g/mol. The number of rotatable bonds is 8. The average Bonchev–Trinajstić information content (AvgIpc) is 2.82. The summed E-state index contributed by atoms with van der Waals surface area (Å²) in [5.74, 6) is 0.805. The number of sulfonamides is 1. The summed E-state index contributed by atoms with van der Waals surface area (Å²) in [6, 6.07) is 14.2. The van der Waals surface area contributed by atoms with Crippen molar-refractivity contribution in [3.63, 3.8) is 0 Å². The Morgan fingerprint density at radius 2 is 1.59 bits per heavy atom. The fraction of sp³-hybridized carbons (Fsp3) is 0.458. The second-order valence-electron chi connectivity index (χ2n) is 8.37. The summed E-state index contributed by atoms with van der Waals surface area (Å²) in [6.07, 6.45) is 0.957. The zero-order chi connectivity index (χ0) is 23.3. The molecule has 2 aromatic carbocycles. The Labute approximate surface area is 191 Å². The van der Waals surface area contributed by atoms with Gasteiger partial charge in [0.1, 0.15) is 5.75 Å². The van der Waals surface area contributed by atoms with E-state index in [0.29, 0.717) is 18.7 Å². The van der Waals surface area contributed by atoms with Crippen LogP contribution in [0.4, 0.5) is 0 Å². The van der Waals surface area contributed by atoms with Crippen molar-refractivity contribution < 1.29 is 17.9 Å². The molecule has 7 nitrogen and oxygen atoms in total. The largest absolute Gasteiger partial charge is 0.497 e. The molecule has 2 aromatic rings. The van der Waals surface area contributed by atoms with Crippen LogP contribution in [0, 0.1) is 0 Å². The summed E-state index contributed by atoms with van der Waals surface area (Å²) in [6.45, 7) is 7.58. The standard InChI is InChI=1S/C24H33N3O4S/c1-19(2)25(3)32(29,30)23-11-7-21(8-12-23)24(28)27-17-15-26(16-18-27)14-13-20-5-9-22(31-4)10-6-20/h5-12,19H,13-18H2,1-4H3. The number of carbonyl (C=O) groups is 1. The third-order valence-electron chi connectivity index (χ3n) is 6.04. The molecule has 0 aromatic heterocycles. The highest BCUT2D eigenvalue weighted by Crippen LogP contribution is 2.19. The highest BCUT2D eigenvalue weighted by atomic mass is 32.2. The summed E-state index contributed by atoms with van der Waals surface area (Å²) >= 11 is 0. The van der Waals surface area contributed by atoms with Crippen molar-refractivity contribution in [3.05, 3.63) is 59.7 Å². The lowest BCUT2D eigenvalue weighted by atomic mass is 10.1. The topological polar surface area (TPSA) is 70.2 Å². The molecule has 0 bridgehead atoms. The number of hydrogen-bond acceptors (Lipinski definition) is 5. The molecule has 3 rings (SSSR count). The Morgan fingerprint density at radius 1 is 1.00 bits per heavy atom. The van der Waals surface area contributed by atoms with Crippen LogP contribution in [0.15, 0.2) is 53.4 Å². The van der Waals surface area contributed by atoms with E-state index in [0.717, 1.165) is 31.8 Å². The Kier molecular flexibility index (Phi) is 7.92. The van der Waals surface area contributed by atoms with E-state index in [1.165, 1.54) is 22.0 Å². The van der Waals surface area contributed by atoms with E-state index in [-0.39, 0.29) is 16.8 Å². The van der Waals surface area contributed by atoms with Crippen LogP contribution in [0.3, 0.4) is 0 Å². The molecule has 32 heavy (non-hydrogen) atoms. The lowest BCUT2D eigenvalue weighted by Crippen LogP contribution is -2.49. The normalized spacial score (nSPS) is 15.4. The number of piperazine rings is 1. The summed E-state index contributed by atoms with van der Waals surface area (Å²) < 4.78 is 31.7. The molecule has 1 amide bonds. The number of amides is 1. The van der Waals surface area contributed by atoms with Crippen LogP contribution >= 0.6 is 0 Å². The van der Waals surface area contributed by atoms with E-state index in [4.69, 9.17) is 4.74 Å². The zero-order valence-electron chi connectivity index (χ0n) is 19.3. The fourth-order valence-electron chi connectivity index (χ4n) is 3.65. The lowest BCUT2D eigenvalue weighted by molar-refractivity contribution is 0.0638. The molecule has 0 atom stereocenters. The highest BCUT2D eigenvalue weighted by Gasteiger charge is 2.25. The van der Waals surface area contributed by atoms with E-state index in [9.17, 15) is 13.2 Å². The Bertz CT molecular complexity index is 997. The SMILES string of the molecule is COc1ccc(CCN2CCN(C(=O)c3ccc(S(=O)(=O)N(C)C(C)C)cc3)CC2)cc1. The Balaban J connectivity index is 1.52. The van der Waals surface area contributed by atoms with Crippen LogP contribution in [0.25, 0.3) is 0 Å². The van der Waals surface area contributed by atoms with Crippen LogP contribution < -0.4 is 4.74 Å². The van der Waals surface area contributed by atoms with E-state index in [1.807, 2.05) is 30.9 Å². The van der Waals surface area contributed by atoms with Gasteiger partial charge in [-0.15, -0.1) is 0 Å². The van der Waals surface area contributed by atoms with Gasteiger partial charge in [0.15, 0.2) is 0 Å². The second-order valence-corrected chi connectivity index (χ2v) is 10.4. The molecule has 0 unspecified atom stereocenters. The minimum absolute atomic E-state index is 0.0547. The predicted octanol–water partition coefficient (Wildman–Crippen LogP) is 2.72. The Morgan fingerprint density at radius 3 is 2.12 bits per heavy atom. The minimum atomic E-state index is -3.55. The highest BCUT2D eigenvalue weighted by molar-refractivity contribution is 7.89. The number of hydrogen-bond donors (Lipinski definition) is 0. The molecular formula is C24H33N3O4S. The van der Waals surface area contributed by atoms with Crippen molar-refractivity contribution in [3.8, 4) is 5.75 Å². The molecule has 0 saturated carbocycles. The first-order valence-electron chi connectivity index (χ1n) is 10.9. The molecule has 0 spiro atoms. The molecule has 0 N–H and O–H groups in total. The second kappa shape index (κ2) is 10.5. The monoisotopic (exact) mass is 459 g/mol. The van der Waals surface area contributed by atoms with Crippen molar-refractivity contribution >= 4 is 15.9 Å². The first-order chi connectivity index (χ1) is 15.2. The van der Waals surface area contributed by atoms with Crippen LogP contribution in [-0.2, 0) is 16.4 Å². The van der Waals surface area contributed by atoms with Crippen molar-refractivity contribution in [2.75, 3.05) is 46.9 Å². The molecule has 8 heteroatoms. The molecule has 174 valence electrons. The quantitative estimate of drug-likeness (QED) is 0.607. The predicted molar refractivity (Wildman–Crippen MR) is 126 cm³/mol. The van der Waals surface area contributed by atoms with Crippen LogP contribution in [0.1, 0.15) is 29.8 Å². The van der Waals surface area contributed by atoms with E-state index in [1.54, 1.807) is 26.3 Å². The number of methoxy groups -OCH3 is 1. The van der Waals surface area contributed by atoms with Gasteiger partial charge < -0.3 is 9.64 Å². The van der Waals surface area contributed by atoms with Crippen LogP contribution in [0.5, 0.6) is 5.75 Å². The molecule has 1 saturated heterocycles. The first kappa shape index (κ1) is 24.2. The van der Waals surface area contributed by atoms with Crippen molar-refractivity contribution in [2.45, 2.75) is 31.2 Å². The van der Waals surface area contributed by atoms with E-state index < -0.39 is 10.0 Å². The van der Waals surface area contributed by atoms with Crippen molar-refractivity contribution in [2.24, 2.45) is 0 Å². The molecule has 0 radical (unpaired) electrons. The Hall–Kier alpha value is -2.42. The van der Waals surface area contributed by atoms with Gasteiger partial charge in [0, 0.05) is 51.4 Å². The number of nitrogens with zero attached hydrogens (tertiary/aromatic N) is 3. The van der Waals surface area contributed by atoms with Gasteiger partial charge in [0.25, 0.3) is 5.91 Å². The summed E-state index contributed by atoms with van der Waals surface area (Å²) in [4.78, 5) is 17.3. The average molecular weight is 460 g/mol. The van der Waals surface area contributed by atoms with Crippen LogP contribution in [0.2, 0.25) is 0 Å². The molecule has 1 fully saturated rings. The van der Waals surface area contributed by atoms with Gasteiger partial charge in [-0.25, -0.2) is 8.42 Å². The van der Waals surface area contributed by atoms with Crippen molar-refractivity contribution in [1.29, 1.82) is 0 Å². The maximum Gasteiger partial charge on any atom is 0.253 e. The molecule has 1 aliphatic heterocycles. The molecule has 1 heterocycles. The van der Waals surface area contributed by atoms with Gasteiger partial charge in [0.05, 0.1) is 12.0 Å². The third-order valence-corrected chi connectivity index (χ3v) is 8.09. The summed E-state index contributed by atoms with van der Waals surface area (Å²) in [5, 5.41) is 0. The third kappa shape index (κ3) is 5.68. The minimum Gasteiger partial charge on any atom is -0.497 e. The number of carbonyl (C=O) groups excluding carboxylic acids is 1. The van der Waals surface area contributed by atoms with Crippen LogP contribution in [-0.4, -0.2) is 81.4 Å². The smallest absolute Gasteiger partial charge is 0.253 e.